The highest BCUT2D eigenvalue weighted by molar-refractivity contribution is 6.23. The molecule has 10 aromatic rings. The molecule has 0 spiro atoms. The normalized spacial score (nSPS) is 16.6. The summed E-state index contributed by atoms with van der Waals surface area (Å²) in [4.78, 5) is 16.1. The Morgan fingerprint density at radius 2 is 1.05 bits per heavy atom. The average Bonchev–Trinajstić information content (AvgIpc) is 3.87. The van der Waals surface area contributed by atoms with Gasteiger partial charge in [0, 0.05) is 38.4 Å². The van der Waals surface area contributed by atoms with E-state index in [0.29, 0.717) is 23.5 Å². The van der Waals surface area contributed by atoms with Crippen molar-refractivity contribution in [3.63, 3.8) is 0 Å². The van der Waals surface area contributed by atoms with Gasteiger partial charge in [-0.3, -0.25) is 4.57 Å². The fourth-order valence-electron chi connectivity index (χ4n) is 11.0. The molecule has 0 saturated heterocycles. The van der Waals surface area contributed by atoms with Crippen LogP contribution in [0.1, 0.15) is 70.6 Å². The van der Waals surface area contributed by atoms with Crippen LogP contribution in [0.5, 0.6) is 0 Å². The quantitative estimate of drug-likeness (QED) is 0.168. The van der Waals surface area contributed by atoms with Crippen LogP contribution in [0.3, 0.4) is 0 Å². The first-order valence-corrected chi connectivity index (χ1v) is 23.1. The molecule has 65 heavy (non-hydrogen) atoms. The summed E-state index contributed by atoms with van der Waals surface area (Å²) in [5, 5.41) is 4.71. The third-order valence-electron chi connectivity index (χ3n) is 14.7. The van der Waals surface area contributed by atoms with Crippen molar-refractivity contribution in [2.75, 3.05) is 0 Å². The Kier molecular flexibility index (Phi) is 8.97. The van der Waals surface area contributed by atoms with Crippen molar-refractivity contribution in [1.29, 1.82) is 0 Å². The number of fused-ring (bicyclic) bond motifs is 8. The Balaban J connectivity index is 1.14. The van der Waals surface area contributed by atoms with Crippen molar-refractivity contribution in [2.24, 2.45) is 5.92 Å². The number of nitrogens with zero attached hydrogens (tertiary/aromatic N) is 5. The van der Waals surface area contributed by atoms with E-state index >= 15 is 0 Å². The van der Waals surface area contributed by atoms with Crippen molar-refractivity contribution in [1.82, 2.24) is 24.1 Å². The molecule has 3 heterocycles. The molecule has 1 unspecified atom stereocenters. The number of para-hydroxylation sites is 2. The Labute approximate surface area is 380 Å². The van der Waals surface area contributed by atoms with Gasteiger partial charge in [-0.15, -0.1) is 0 Å². The number of benzene rings is 7. The zero-order valence-electron chi connectivity index (χ0n) is 37.7. The molecule has 316 valence electrons. The molecule has 0 amide bonds. The third-order valence-corrected chi connectivity index (χ3v) is 14.7. The maximum atomic E-state index is 5.45. The topological polar surface area (TPSA) is 48.5 Å². The number of aromatic nitrogens is 5. The van der Waals surface area contributed by atoms with Crippen molar-refractivity contribution >= 4 is 49.2 Å². The summed E-state index contributed by atoms with van der Waals surface area (Å²) in [5.74, 6) is 2.37. The van der Waals surface area contributed by atoms with E-state index in [1.807, 2.05) is 0 Å². The average molecular weight is 842 g/mol. The van der Waals surface area contributed by atoms with Gasteiger partial charge < -0.3 is 4.57 Å². The minimum atomic E-state index is 0.0169. The zero-order chi connectivity index (χ0) is 44.0. The van der Waals surface area contributed by atoms with Gasteiger partial charge in [0.05, 0.1) is 22.1 Å². The maximum absolute atomic E-state index is 5.45. The smallest absolute Gasteiger partial charge is 0.238 e. The summed E-state index contributed by atoms with van der Waals surface area (Å²) in [5.41, 5.74) is 15.2. The summed E-state index contributed by atoms with van der Waals surface area (Å²) in [7, 11) is 0. The lowest BCUT2D eigenvalue weighted by Crippen LogP contribution is -2.40. The highest BCUT2D eigenvalue weighted by Gasteiger charge is 2.42. The standard InChI is InChI=1S/C60H51N5/c1-38-37-59(2,3)50-35-32-45(36-51(50)60(38,4)5)64-52-22-14-12-20-46(52)48-33-34-49-47-21-13-15-23-53(47)65(55(49)54(48)64)58-62-56(43-28-24-41(25-29-43)39-16-8-6-9-17-39)61-57(63-58)44-30-26-42(27-31-44)40-18-10-7-11-19-40/h6,8-10,12-36,38H,7,11,37H2,1-5H3. The number of allylic oxidation sites excluding steroid dienone is 4. The molecule has 0 bridgehead atoms. The third kappa shape index (κ3) is 6.31. The molecule has 3 aromatic heterocycles. The Hall–Kier alpha value is -7.37. The van der Waals surface area contributed by atoms with Gasteiger partial charge in [-0.25, -0.2) is 4.98 Å². The maximum Gasteiger partial charge on any atom is 0.238 e. The van der Waals surface area contributed by atoms with E-state index in [9.17, 15) is 0 Å². The van der Waals surface area contributed by atoms with Gasteiger partial charge in [0.1, 0.15) is 0 Å². The van der Waals surface area contributed by atoms with Gasteiger partial charge in [0.2, 0.25) is 5.95 Å². The van der Waals surface area contributed by atoms with E-state index in [-0.39, 0.29) is 10.8 Å². The summed E-state index contributed by atoms with van der Waals surface area (Å²) in [6.45, 7) is 12.1. The molecule has 2 aliphatic rings. The molecule has 0 aliphatic heterocycles. The highest BCUT2D eigenvalue weighted by atomic mass is 15.2. The fourth-order valence-corrected chi connectivity index (χ4v) is 11.0. The van der Waals surface area contributed by atoms with Gasteiger partial charge in [-0.2, -0.15) is 9.97 Å². The van der Waals surface area contributed by atoms with Crippen molar-refractivity contribution in [3.05, 3.63) is 193 Å². The van der Waals surface area contributed by atoms with E-state index in [4.69, 9.17) is 15.0 Å². The van der Waals surface area contributed by atoms with Crippen LogP contribution in [0.25, 0.3) is 94.7 Å². The summed E-state index contributed by atoms with van der Waals surface area (Å²) in [6.07, 6.45) is 10.1. The van der Waals surface area contributed by atoms with Crippen LogP contribution >= 0.6 is 0 Å². The molecule has 7 aromatic carbocycles. The van der Waals surface area contributed by atoms with E-state index in [1.165, 1.54) is 44.1 Å². The molecular formula is C60H51N5. The Morgan fingerprint density at radius 3 is 1.68 bits per heavy atom. The molecule has 0 saturated carbocycles. The number of hydrogen-bond acceptors (Lipinski definition) is 3. The lowest BCUT2D eigenvalue weighted by Gasteiger charge is -2.46. The van der Waals surface area contributed by atoms with Crippen LogP contribution in [0.15, 0.2) is 176 Å². The minimum absolute atomic E-state index is 0.0169. The lowest BCUT2D eigenvalue weighted by molar-refractivity contribution is 0.233. The van der Waals surface area contributed by atoms with Gasteiger partial charge >= 0.3 is 0 Å². The van der Waals surface area contributed by atoms with Crippen LogP contribution in [0.4, 0.5) is 0 Å². The SMILES string of the molecule is CC1CC(C)(C)c2ccc(-n3c4ccccc4c4ccc5c6ccccc6n(-c6nc(-c7ccc(C8=CCCC=C8)cc7)nc(-c7ccc(-c8ccccc8)cc7)n6)c5c43)cc2C1(C)C. The zero-order valence-corrected chi connectivity index (χ0v) is 37.7. The summed E-state index contributed by atoms with van der Waals surface area (Å²) >= 11 is 0. The first-order chi connectivity index (χ1) is 31.6. The molecule has 5 nitrogen and oxygen atoms in total. The second kappa shape index (κ2) is 14.9. The van der Waals surface area contributed by atoms with Gasteiger partial charge in [0.25, 0.3) is 0 Å². The molecule has 1 atom stereocenters. The number of rotatable bonds is 6. The first kappa shape index (κ1) is 39.2. The first-order valence-electron chi connectivity index (χ1n) is 23.1. The van der Waals surface area contributed by atoms with Gasteiger partial charge in [0.15, 0.2) is 11.6 Å². The molecule has 0 radical (unpaired) electrons. The van der Waals surface area contributed by atoms with Crippen LogP contribution < -0.4 is 0 Å². The largest absolute Gasteiger partial charge is 0.307 e. The second-order valence-corrected chi connectivity index (χ2v) is 19.4. The second-order valence-electron chi connectivity index (χ2n) is 19.4. The fraction of sp³-hybridized carbons (Fsp3) is 0.183. The molecule has 2 aliphatic carbocycles. The van der Waals surface area contributed by atoms with Gasteiger partial charge in [-0.05, 0) is 93.7 Å². The highest BCUT2D eigenvalue weighted by Crippen LogP contribution is 2.50. The Morgan fingerprint density at radius 1 is 0.492 bits per heavy atom. The molecule has 12 rings (SSSR count). The van der Waals surface area contributed by atoms with Crippen LogP contribution in [-0.4, -0.2) is 24.1 Å². The van der Waals surface area contributed by atoms with Crippen molar-refractivity contribution < 1.29 is 0 Å². The molecule has 0 N–H and O–H groups in total. The van der Waals surface area contributed by atoms with Crippen molar-refractivity contribution in [3.8, 4) is 45.5 Å². The molecule has 5 heteroatoms. The van der Waals surface area contributed by atoms with Crippen molar-refractivity contribution in [2.45, 2.75) is 64.7 Å². The predicted molar refractivity (Wildman–Crippen MR) is 271 cm³/mol. The van der Waals surface area contributed by atoms with Crippen LogP contribution in [0.2, 0.25) is 0 Å². The van der Waals surface area contributed by atoms with Gasteiger partial charge in [-0.1, -0.05) is 186 Å². The van der Waals surface area contributed by atoms with Crippen LogP contribution in [0, 0.1) is 5.92 Å². The summed E-state index contributed by atoms with van der Waals surface area (Å²) in [6, 6.07) is 57.2. The van der Waals surface area contributed by atoms with E-state index in [1.54, 1.807) is 0 Å². The Bertz CT molecular complexity index is 3560. The van der Waals surface area contributed by atoms with E-state index < -0.39 is 0 Å². The van der Waals surface area contributed by atoms with E-state index in [2.05, 4.69) is 220 Å². The minimum Gasteiger partial charge on any atom is -0.307 e. The monoisotopic (exact) mass is 841 g/mol. The van der Waals surface area contributed by atoms with E-state index in [0.717, 1.165) is 69.0 Å². The van der Waals surface area contributed by atoms with Crippen LogP contribution in [-0.2, 0) is 10.8 Å². The lowest BCUT2D eigenvalue weighted by atomic mass is 9.58. The molecular weight excluding hydrogens is 791 g/mol. The molecule has 0 fully saturated rings. The number of hydrogen-bond donors (Lipinski definition) is 0. The predicted octanol–water partition coefficient (Wildman–Crippen LogP) is 15.4. The summed E-state index contributed by atoms with van der Waals surface area (Å²) < 4.78 is 4.80.